The van der Waals surface area contributed by atoms with Gasteiger partial charge in [0.1, 0.15) is 33.3 Å². The minimum atomic E-state index is -1.54. The quantitative estimate of drug-likeness (QED) is 0.267. The third kappa shape index (κ3) is 4.69. The molecule has 0 saturated carbocycles. The number of para-hydroxylation sites is 2. The minimum absolute atomic E-state index is 0.0992. The first kappa shape index (κ1) is 23.2. The predicted molar refractivity (Wildman–Crippen MR) is 135 cm³/mol. The fraction of sp³-hybridized carbons (Fsp3) is 0.292. The lowest BCUT2D eigenvalue weighted by atomic mass is 9.97. The van der Waals surface area contributed by atoms with Gasteiger partial charge in [-0.05, 0) is 18.2 Å². The van der Waals surface area contributed by atoms with Crippen LogP contribution in [0.2, 0.25) is 0 Å². The molecule has 2 N–H and O–H groups in total. The van der Waals surface area contributed by atoms with E-state index < -0.39 is 11.5 Å². The second-order valence-electron chi connectivity index (χ2n) is 8.30. The molecule has 5 rings (SSSR count). The summed E-state index contributed by atoms with van der Waals surface area (Å²) < 4.78 is 29.7. The topological polar surface area (TPSA) is 95.0 Å². The first-order valence-electron chi connectivity index (χ1n) is 11.1. The molecule has 0 amide bonds. The Balaban J connectivity index is 1.24. The van der Waals surface area contributed by atoms with Crippen molar-refractivity contribution in [2.45, 2.75) is 12.1 Å². The molecule has 0 bridgehead atoms. The number of aliphatic imine (C=N–C) groups is 1. The minimum Gasteiger partial charge on any atom is -0.362 e. The number of likely N-dealkylation sites (tertiary alicyclic amines) is 1. The molecule has 4 aromatic rings. The van der Waals surface area contributed by atoms with Crippen LogP contribution in [0.5, 0.6) is 0 Å². The van der Waals surface area contributed by atoms with E-state index in [1.54, 1.807) is 0 Å². The Morgan fingerprint density at radius 1 is 1.31 bits per heavy atom. The van der Waals surface area contributed by atoms with Crippen LogP contribution in [-0.2, 0) is 12.1 Å². The summed E-state index contributed by atoms with van der Waals surface area (Å²) in [5.74, 6) is 0.816. The Hall–Kier alpha value is -3.57. The summed E-state index contributed by atoms with van der Waals surface area (Å²) >= 11 is 1.22. The molecule has 0 radical (unpaired) electrons. The van der Waals surface area contributed by atoms with E-state index in [0.717, 1.165) is 16.9 Å². The summed E-state index contributed by atoms with van der Waals surface area (Å²) in [6.45, 7) is 4.81. The van der Waals surface area contributed by atoms with Gasteiger partial charge >= 0.3 is 0 Å². The van der Waals surface area contributed by atoms with Crippen LogP contribution < -0.4 is 5.32 Å². The molecule has 1 fully saturated rings. The van der Waals surface area contributed by atoms with Gasteiger partial charge in [0.15, 0.2) is 11.5 Å². The summed E-state index contributed by atoms with van der Waals surface area (Å²) in [6.07, 6.45) is 4.69. The maximum absolute atomic E-state index is 15.6. The van der Waals surface area contributed by atoms with Gasteiger partial charge in [-0.1, -0.05) is 36.1 Å². The van der Waals surface area contributed by atoms with E-state index in [0.29, 0.717) is 34.1 Å². The van der Waals surface area contributed by atoms with Gasteiger partial charge in [-0.3, -0.25) is 9.89 Å². The van der Waals surface area contributed by atoms with Gasteiger partial charge < -0.3 is 10.3 Å². The van der Waals surface area contributed by atoms with E-state index in [1.165, 1.54) is 36.9 Å². The van der Waals surface area contributed by atoms with Gasteiger partial charge in [0.05, 0.1) is 23.3 Å². The molecule has 1 aromatic carbocycles. The van der Waals surface area contributed by atoms with Crippen molar-refractivity contribution in [3.05, 3.63) is 66.0 Å². The number of allylic oxidation sites excluding steroid dienone is 2. The molecule has 3 aromatic heterocycles. The van der Waals surface area contributed by atoms with Gasteiger partial charge in [-0.25, -0.2) is 28.7 Å². The number of thiazole rings is 1. The first-order valence-corrected chi connectivity index (χ1v) is 12.0. The molecule has 35 heavy (non-hydrogen) atoms. The van der Waals surface area contributed by atoms with Crippen LogP contribution in [0.15, 0.2) is 60.1 Å². The van der Waals surface area contributed by atoms with Gasteiger partial charge in [0.25, 0.3) is 0 Å². The van der Waals surface area contributed by atoms with Crippen molar-refractivity contribution >= 4 is 44.2 Å². The number of alkyl halides is 1. The number of anilines is 1. The summed E-state index contributed by atoms with van der Waals surface area (Å²) in [6, 6.07) is 7.88. The predicted octanol–water partition coefficient (Wildman–Crippen LogP) is 4.21. The fourth-order valence-corrected chi connectivity index (χ4v) is 5.03. The fourth-order valence-electron chi connectivity index (χ4n) is 4.06. The number of nitrogens with zero attached hydrogens (tertiary/aromatic N) is 6. The maximum Gasteiger partial charge on any atom is 0.187 e. The number of aromatic nitrogens is 5. The van der Waals surface area contributed by atoms with E-state index in [9.17, 15) is 4.39 Å². The molecule has 11 heteroatoms. The van der Waals surface area contributed by atoms with Crippen molar-refractivity contribution in [3.8, 4) is 0 Å². The zero-order valence-electron chi connectivity index (χ0n) is 19.1. The zero-order chi connectivity index (χ0) is 24.4. The van der Waals surface area contributed by atoms with Gasteiger partial charge in [0.2, 0.25) is 0 Å². The lowest BCUT2D eigenvalue weighted by Gasteiger charge is -2.43. The number of nitrogens with one attached hydrogen (secondary N) is 2. The van der Waals surface area contributed by atoms with E-state index in [2.05, 4.69) is 41.8 Å². The summed E-state index contributed by atoms with van der Waals surface area (Å²) in [5.41, 5.74) is 1.08. The summed E-state index contributed by atoms with van der Waals surface area (Å²) in [7, 11) is 1.51. The maximum atomic E-state index is 15.6. The van der Waals surface area contributed by atoms with Crippen molar-refractivity contribution in [1.29, 1.82) is 0 Å². The molecule has 1 aliphatic rings. The highest BCUT2D eigenvalue weighted by atomic mass is 32.1. The van der Waals surface area contributed by atoms with Gasteiger partial charge in [0, 0.05) is 33.1 Å². The van der Waals surface area contributed by atoms with E-state index in [1.807, 2.05) is 29.2 Å². The summed E-state index contributed by atoms with van der Waals surface area (Å²) in [4.78, 5) is 27.5. The molecule has 8 nitrogen and oxygen atoms in total. The number of fused-ring (bicyclic) bond motifs is 2. The van der Waals surface area contributed by atoms with Gasteiger partial charge in [-0.15, -0.1) is 0 Å². The van der Waals surface area contributed by atoms with E-state index in [-0.39, 0.29) is 25.3 Å². The highest BCUT2D eigenvalue weighted by Crippen LogP contribution is 2.40. The molecule has 4 heterocycles. The van der Waals surface area contributed by atoms with E-state index >= 15 is 4.39 Å². The molecular weight excluding hydrogens is 470 g/mol. The number of H-pyrrole nitrogens is 1. The highest BCUT2D eigenvalue weighted by molar-refractivity contribution is 7.18. The molecule has 0 unspecified atom stereocenters. The van der Waals surface area contributed by atoms with E-state index in [4.69, 9.17) is 0 Å². The van der Waals surface area contributed by atoms with Crippen molar-refractivity contribution in [1.82, 2.24) is 29.8 Å². The number of aromatic amines is 1. The zero-order valence-corrected chi connectivity index (χ0v) is 19.9. The monoisotopic (exact) mass is 494 g/mol. The average molecular weight is 495 g/mol. The Morgan fingerprint density at radius 2 is 2.14 bits per heavy atom. The Kier molecular flexibility index (Phi) is 6.35. The number of hydrogen-bond donors (Lipinski definition) is 2. The number of halogens is 2. The normalized spacial score (nSPS) is 16.5. The van der Waals surface area contributed by atoms with Gasteiger partial charge in [-0.2, -0.15) is 0 Å². The summed E-state index contributed by atoms with van der Waals surface area (Å²) in [5, 5.41) is 3.41. The van der Waals surface area contributed by atoms with Crippen LogP contribution in [0.3, 0.4) is 0 Å². The smallest absolute Gasteiger partial charge is 0.187 e. The molecule has 0 spiro atoms. The number of benzene rings is 1. The highest BCUT2D eigenvalue weighted by Gasteiger charge is 2.47. The molecule has 1 saturated heterocycles. The largest absolute Gasteiger partial charge is 0.362 e. The number of hydrogen-bond acceptors (Lipinski definition) is 8. The van der Waals surface area contributed by atoms with Crippen LogP contribution in [0.4, 0.5) is 14.6 Å². The Morgan fingerprint density at radius 3 is 2.91 bits per heavy atom. The van der Waals surface area contributed by atoms with Crippen LogP contribution in [0, 0.1) is 0 Å². The SMILES string of the molecule is C=C/C=C(F)\C(CNc1ncnc2sc(C3(F)CN(CCc4nc5ccccc5[nH]4)C3)nc12)=N/C. The van der Waals surface area contributed by atoms with Crippen molar-refractivity contribution in [2.75, 3.05) is 38.5 Å². The Bertz CT molecular complexity index is 1400. The second kappa shape index (κ2) is 9.59. The van der Waals surface area contributed by atoms with Crippen molar-refractivity contribution in [3.63, 3.8) is 0 Å². The standard InChI is InChI=1S/C24H24F2N8S/c1-3-6-15(25)18(27-2)11-28-21-20-22(30-14-29-21)35-23(33-20)24(26)12-34(13-24)10-9-19-31-16-7-4-5-8-17(16)32-19/h3-8,14H,1,9-13H2,2H3,(H,31,32)(H,28,29,30)/b15-6+,27-18-. The molecular formula is C24H24F2N8S. The average Bonchev–Trinajstić information content (AvgIpc) is 3.46. The second-order valence-corrected chi connectivity index (χ2v) is 9.27. The lowest BCUT2D eigenvalue weighted by Crippen LogP contribution is -2.57. The lowest BCUT2D eigenvalue weighted by molar-refractivity contribution is -0.0358. The van der Waals surface area contributed by atoms with Crippen LogP contribution >= 0.6 is 11.3 Å². The van der Waals surface area contributed by atoms with Crippen LogP contribution in [0.1, 0.15) is 10.8 Å². The molecule has 180 valence electrons. The first-order chi connectivity index (χ1) is 17.0. The third-order valence-corrected chi connectivity index (χ3v) is 7.01. The van der Waals surface area contributed by atoms with Crippen LogP contribution in [0.25, 0.3) is 21.4 Å². The molecule has 0 aliphatic carbocycles. The third-order valence-electron chi connectivity index (χ3n) is 5.86. The molecule has 1 aliphatic heterocycles. The molecule has 0 atom stereocenters. The number of rotatable bonds is 9. The number of imidazole rings is 1. The van der Waals surface area contributed by atoms with Crippen molar-refractivity contribution in [2.24, 2.45) is 4.99 Å². The van der Waals surface area contributed by atoms with Crippen LogP contribution in [-0.4, -0.2) is 68.8 Å². The van der Waals surface area contributed by atoms with Crippen molar-refractivity contribution < 1.29 is 8.78 Å². The Labute approximate surface area is 204 Å².